The second-order valence-corrected chi connectivity index (χ2v) is 4.35. The minimum atomic E-state index is 0.160. The predicted octanol–water partition coefficient (Wildman–Crippen LogP) is 1.66. The Morgan fingerprint density at radius 3 is 2.80 bits per heavy atom. The zero-order chi connectivity index (χ0) is 11.3. The summed E-state index contributed by atoms with van der Waals surface area (Å²) in [5, 5.41) is 0. The Morgan fingerprint density at radius 2 is 2.20 bits per heavy atom. The van der Waals surface area contributed by atoms with Crippen LogP contribution in [0.25, 0.3) is 0 Å². The monoisotopic (exact) mass is 211 g/mol. The smallest absolute Gasteiger partial charge is 0.146 e. The van der Waals surface area contributed by atoms with Crippen molar-refractivity contribution in [2.45, 2.75) is 39.5 Å². The van der Waals surface area contributed by atoms with Crippen LogP contribution in [0.1, 0.15) is 39.5 Å². The van der Waals surface area contributed by atoms with Crippen molar-refractivity contribution in [2.75, 3.05) is 19.6 Å². The fourth-order valence-electron chi connectivity index (χ4n) is 2.08. The number of carbonyl (C=O) groups is 2. The Kier molecular flexibility index (Phi) is 4.95. The minimum Gasteiger partial charge on any atom is -0.299 e. The Labute approximate surface area is 91.8 Å². The second kappa shape index (κ2) is 6.01. The van der Waals surface area contributed by atoms with Gasteiger partial charge in [0, 0.05) is 31.8 Å². The summed E-state index contributed by atoms with van der Waals surface area (Å²) >= 11 is 0. The van der Waals surface area contributed by atoms with Crippen LogP contribution in [-0.2, 0) is 9.59 Å². The van der Waals surface area contributed by atoms with Crippen molar-refractivity contribution in [3.63, 3.8) is 0 Å². The lowest BCUT2D eigenvalue weighted by Gasteiger charge is -2.30. The molecule has 86 valence electrons. The standard InChI is InChI=1S/C12H21NO2/c1-3-5-11(14)9-13-7-6-12(15)10(4-2)8-13/h10H,3-9H2,1-2H3. The van der Waals surface area contributed by atoms with E-state index >= 15 is 0 Å². The lowest BCUT2D eigenvalue weighted by atomic mass is 9.94. The number of nitrogens with zero attached hydrogens (tertiary/aromatic N) is 1. The van der Waals surface area contributed by atoms with Gasteiger partial charge in [-0.2, -0.15) is 0 Å². The maximum absolute atomic E-state index is 11.5. The van der Waals surface area contributed by atoms with Crippen LogP contribution in [0.5, 0.6) is 0 Å². The molecule has 0 aliphatic carbocycles. The molecular weight excluding hydrogens is 190 g/mol. The molecule has 0 N–H and O–H groups in total. The van der Waals surface area contributed by atoms with Gasteiger partial charge in [-0.25, -0.2) is 0 Å². The van der Waals surface area contributed by atoms with Crippen molar-refractivity contribution < 1.29 is 9.59 Å². The van der Waals surface area contributed by atoms with Gasteiger partial charge in [0.25, 0.3) is 0 Å². The largest absolute Gasteiger partial charge is 0.299 e. The number of Topliss-reactive ketones (excluding diaryl/α,β-unsaturated/α-hetero) is 2. The number of carbonyl (C=O) groups excluding carboxylic acids is 2. The SMILES string of the molecule is CCCC(=O)CN1CCC(=O)C(CC)C1. The maximum atomic E-state index is 11.5. The van der Waals surface area contributed by atoms with Gasteiger partial charge in [-0.1, -0.05) is 13.8 Å². The van der Waals surface area contributed by atoms with Crippen LogP contribution in [0, 0.1) is 5.92 Å². The first-order valence-corrected chi connectivity index (χ1v) is 5.94. The molecule has 3 nitrogen and oxygen atoms in total. The molecule has 3 heteroatoms. The van der Waals surface area contributed by atoms with Crippen LogP contribution < -0.4 is 0 Å². The summed E-state index contributed by atoms with van der Waals surface area (Å²) in [4.78, 5) is 25.1. The molecule has 0 spiro atoms. The molecule has 1 aliphatic rings. The Morgan fingerprint density at radius 1 is 1.47 bits per heavy atom. The van der Waals surface area contributed by atoms with Crippen molar-refractivity contribution in [1.82, 2.24) is 4.90 Å². The molecule has 1 atom stereocenters. The zero-order valence-corrected chi connectivity index (χ0v) is 9.79. The molecule has 1 unspecified atom stereocenters. The molecule has 1 rings (SSSR count). The van der Waals surface area contributed by atoms with E-state index in [1.807, 2.05) is 13.8 Å². The van der Waals surface area contributed by atoms with Gasteiger partial charge in [-0.05, 0) is 12.8 Å². The molecule has 15 heavy (non-hydrogen) atoms. The molecule has 1 heterocycles. The van der Waals surface area contributed by atoms with Gasteiger partial charge in [0.2, 0.25) is 0 Å². The zero-order valence-electron chi connectivity index (χ0n) is 9.79. The van der Waals surface area contributed by atoms with Crippen LogP contribution in [-0.4, -0.2) is 36.1 Å². The third-order valence-corrected chi connectivity index (χ3v) is 3.03. The van der Waals surface area contributed by atoms with E-state index in [1.165, 1.54) is 0 Å². The summed E-state index contributed by atoms with van der Waals surface area (Å²) < 4.78 is 0. The van der Waals surface area contributed by atoms with Crippen molar-refractivity contribution in [2.24, 2.45) is 5.92 Å². The number of piperidine rings is 1. The van der Waals surface area contributed by atoms with Gasteiger partial charge < -0.3 is 0 Å². The van der Waals surface area contributed by atoms with E-state index in [0.717, 1.165) is 25.9 Å². The predicted molar refractivity (Wildman–Crippen MR) is 59.8 cm³/mol. The Hall–Kier alpha value is -0.700. The van der Waals surface area contributed by atoms with Gasteiger partial charge in [-0.15, -0.1) is 0 Å². The summed E-state index contributed by atoms with van der Waals surface area (Å²) in [6, 6.07) is 0. The number of hydrogen-bond donors (Lipinski definition) is 0. The highest BCUT2D eigenvalue weighted by Crippen LogP contribution is 2.15. The Balaban J connectivity index is 2.38. The molecule has 0 aromatic carbocycles. The van der Waals surface area contributed by atoms with E-state index in [4.69, 9.17) is 0 Å². The highest BCUT2D eigenvalue weighted by Gasteiger charge is 2.26. The van der Waals surface area contributed by atoms with E-state index < -0.39 is 0 Å². The summed E-state index contributed by atoms with van der Waals surface area (Å²) in [5.74, 6) is 0.839. The van der Waals surface area contributed by atoms with Crippen molar-refractivity contribution in [1.29, 1.82) is 0 Å². The molecule has 1 saturated heterocycles. The first-order valence-electron chi connectivity index (χ1n) is 5.94. The van der Waals surface area contributed by atoms with Crippen LogP contribution in [0.2, 0.25) is 0 Å². The summed E-state index contributed by atoms with van der Waals surface area (Å²) in [6.45, 7) is 6.15. The molecule has 0 aromatic heterocycles. The molecule has 1 fully saturated rings. The van der Waals surface area contributed by atoms with Gasteiger partial charge in [0.05, 0.1) is 6.54 Å². The van der Waals surface area contributed by atoms with Crippen molar-refractivity contribution in [3.8, 4) is 0 Å². The van der Waals surface area contributed by atoms with Gasteiger partial charge in [-0.3, -0.25) is 14.5 Å². The minimum absolute atomic E-state index is 0.160. The molecule has 0 amide bonds. The average Bonchev–Trinajstić information content (AvgIpc) is 2.21. The molecular formula is C12H21NO2. The molecule has 0 bridgehead atoms. The third-order valence-electron chi connectivity index (χ3n) is 3.03. The first-order chi connectivity index (χ1) is 7.17. The molecule has 1 aliphatic heterocycles. The number of rotatable bonds is 5. The summed E-state index contributed by atoms with van der Waals surface area (Å²) in [5.41, 5.74) is 0. The quantitative estimate of drug-likeness (QED) is 0.694. The number of likely N-dealkylation sites (tertiary alicyclic amines) is 1. The summed E-state index contributed by atoms with van der Waals surface area (Å²) in [7, 11) is 0. The fraction of sp³-hybridized carbons (Fsp3) is 0.833. The highest BCUT2D eigenvalue weighted by molar-refractivity contribution is 5.83. The van der Waals surface area contributed by atoms with Crippen LogP contribution in [0.4, 0.5) is 0 Å². The molecule has 0 radical (unpaired) electrons. The van der Waals surface area contributed by atoms with E-state index in [0.29, 0.717) is 31.0 Å². The van der Waals surface area contributed by atoms with Crippen LogP contribution >= 0.6 is 0 Å². The van der Waals surface area contributed by atoms with E-state index in [-0.39, 0.29) is 5.92 Å². The molecule has 0 aromatic rings. The van der Waals surface area contributed by atoms with E-state index in [1.54, 1.807) is 0 Å². The third kappa shape index (κ3) is 3.74. The van der Waals surface area contributed by atoms with E-state index in [9.17, 15) is 9.59 Å². The van der Waals surface area contributed by atoms with Crippen LogP contribution in [0.15, 0.2) is 0 Å². The summed E-state index contributed by atoms with van der Waals surface area (Å²) in [6.07, 6.45) is 3.11. The van der Waals surface area contributed by atoms with Crippen LogP contribution in [0.3, 0.4) is 0 Å². The number of hydrogen-bond acceptors (Lipinski definition) is 3. The van der Waals surface area contributed by atoms with Crippen molar-refractivity contribution >= 4 is 11.6 Å². The number of ketones is 2. The topological polar surface area (TPSA) is 37.4 Å². The lowest BCUT2D eigenvalue weighted by molar-refractivity contribution is -0.129. The van der Waals surface area contributed by atoms with E-state index in [2.05, 4.69) is 4.90 Å². The van der Waals surface area contributed by atoms with Crippen molar-refractivity contribution in [3.05, 3.63) is 0 Å². The second-order valence-electron chi connectivity index (χ2n) is 4.35. The molecule has 0 saturated carbocycles. The van der Waals surface area contributed by atoms with Gasteiger partial charge in [0.15, 0.2) is 0 Å². The Bertz CT molecular complexity index is 238. The average molecular weight is 211 g/mol. The van der Waals surface area contributed by atoms with Gasteiger partial charge in [0.1, 0.15) is 11.6 Å². The maximum Gasteiger partial charge on any atom is 0.146 e. The fourth-order valence-corrected chi connectivity index (χ4v) is 2.08. The first kappa shape index (κ1) is 12.4. The highest BCUT2D eigenvalue weighted by atomic mass is 16.1. The van der Waals surface area contributed by atoms with Gasteiger partial charge >= 0.3 is 0 Å². The normalized spacial score (nSPS) is 23.1. The lowest BCUT2D eigenvalue weighted by Crippen LogP contribution is -2.42.